The number of rotatable bonds is 3. The van der Waals surface area contributed by atoms with E-state index in [1.54, 1.807) is 0 Å². The average molecular weight is 253 g/mol. The van der Waals surface area contributed by atoms with E-state index in [1.165, 1.54) is 6.20 Å². The van der Waals surface area contributed by atoms with Gasteiger partial charge in [0.05, 0.1) is 6.20 Å². The molecule has 0 aromatic carbocycles. The minimum Gasteiger partial charge on any atom is -0.368 e. The molecule has 3 N–H and O–H groups in total. The molecule has 0 aliphatic carbocycles. The molecule has 0 amide bonds. The molecule has 0 aliphatic heterocycles. The Morgan fingerprint density at radius 1 is 1.47 bits per heavy atom. The second kappa shape index (κ2) is 4.58. The maximum atomic E-state index is 5.94. The first-order chi connectivity index (χ1) is 8.06. The van der Waals surface area contributed by atoms with E-state index in [0.717, 1.165) is 0 Å². The van der Waals surface area contributed by atoms with Gasteiger partial charge in [-0.3, -0.25) is 4.68 Å². The first kappa shape index (κ1) is 11.7. The van der Waals surface area contributed by atoms with Crippen molar-refractivity contribution in [3.63, 3.8) is 0 Å². The number of nitrogens with zero attached hydrogens (tertiary/aromatic N) is 4. The third-order valence-electron chi connectivity index (χ3n) is 2.15. The Labute approximate surface area is 104 Å². The molecule has 0 spiro atoms. The van der Waals surface area contributed by atoms with Crippen LogP contribution in [0.25, 0.3) is 0 Å². The zero-order valence-electron chi connectivity index (χ0n) is 9.55. The Balaban J connectivity index is 2.22. The van der Waals surface area contributed by atoms with Crippen molar-refractivity contribution in [1.82, 2.24) is 19.7 Å². The van der Waals surface area contributed by atoms with Gasteiger partial charge < -0.3 is 11.1 Å². The summed E-state index contributed by atoms with van der Waals surface area (Å²) in [6, 6.07) is 2.14. The summed E-state index contributed by atoms with van der Waals surface area (Å²) < 4.78 is 1.83. The Morgan fingerprint density at radius 2 is 2.24 bits per heavy atom. The lowest BCUT2D eigenvalue weighted by Gasteiger charge is -2.06. The number of hydrogen-bond donors (Lipinski definition) is 2. The summed E-state index contributed by atoms with van der Waals surface area (Å²) in [6.45, 7) is 4.10. The van der Waals surface area contributed by atoms with Crippen molar-refractivity contribution in [3.8, 4) is 0 Å². The van der Waals surface area contributed by atoms with E-state index in [1.807, 2.05) is 30.8 Å². The minimum atomic E-state index is 0.167. The van der Waals surface area contributed by atoms with Gasteiger partial charge in [-0.2, -0.15) is 10.1 Å². The van der Waals surface area contributed by atoms with Crippen molar-refractivity contribution >= 4 is 29.2 Å². The van der Waals surface area contributed by atoms with Crippen LogP contribution in [0.15, 0.2) is 18.5 Å². The molecule has 6 nitrogen and oxygen atoms in total. The van der Waals surface area contributed by atoms with Gasteiger partial charge in [-0.25, -0.2) is 4.98 Å². The van der Waals surface area contributed by atoms with Gasteiger partial charge in [0, 0.05) is 18.3 Å². The average Bonchev–Trinajstić information content (AvgIpc) is 2.72. The molecule has 90 valence electrons. The van der Waals surface area contributed by atoms with Gasteiger partial charge in [-0.05, 0) is 13.8 Å². The van der Waals surface area contributed by atoms with Crippen LogP contribution in [-0.4, -0.2) is 19.7 Å². The third-order valence-corrected chi connectivity index (χ3v) is 2.42. The molecule has 17 heavy (non-hydrogen) atoms. The van der Waals surface area contributed by atoms with E-state index in [0.29, 0.717) is 22.7 Å². The lowest BCUT2D eigenvalue weighted by atomic mass is 10.4. The lowest BCUT2D eigenvalue weighted by Crippen LogP contribution is -2.03. The summed E-state index contributed by atoms with van der Waals surface area (Å²) >= 11 is 5.94. The van der Waals surface area contributed by atoms with E-state index in [2.05, 4.69) is 20.4 Å². The maximum Gasteiger partial charge on any atom is 0.222 e. The largest absolute Gasteiger partial charge is 0.368 e. The highest BCUT2D eigenvalue weighted by Gasteiger charge is 2.07. The molecule has 0 saturated carbocycles. The first-order valence-electron chi connectivity index (χ1n) is 5.16. The predicted octanol–water partition coefficient (Wildman–Crippen LogP) is 2.23. The quantitative estimate of drug-likeness (QED) is 0.875. The van der Waals surface area contributed by atoms with E-state index in [9.17, 15) is 0 Å². The Morgan fingerprint density at radius 3 is 2.88 bits per heavy atom. The van der Waals surface area contributed by atoms with Gasteiger partial charge in [-0.1, -0.05) is 11.6 Å². The predicted molar refractivity (Wildman–Crippen MR) is 67.3 cm³/mol. The molecule has 0 radical (unpaired) electrons. The van der Waals surface area contributed by atoms with Crippen molar-refractivity contribution < 1.29 is 0 Å². The van der Waals surface area contributed by atoms with E-state index < -0.39 is 0 Å². The van der Waals surface area contributed by atoms with Crippen molar-refractivity contribution in [1.29, 1.82) is 0 Å². The number of hydrogen-bond acceptors (Lipinski definition) is 5. The second-order valence-corrected chi connectivity index (χ2v) is 4.23. The van der Waals surface area contributed by atoms with Gasteiger partial charge in [0.15, 0.2) is 11.6 Å². The summed E-state index contributed by atoms with van der Waals surface area (Å²) in [7, 11) is 0. The van der Waals surface area contributed by atoms with Crippen LogP contribution in [0.4, 0.5) is 17.6 Å². The van der Waals surface area contributed by atoms with Gasteiger partial charge in [0.2, 0.25) is 5.95 Å². The van der Waals surface area contributed by atoms with Crippen molar-refractivity contribution in [2.45, 2.75) is 19.9 Å². The molecule has 0 saturated heterocycles. The zero-order chi connectivity index (χ0) is 12.4. The first-order valence-corrected chi connectivity index (χ1v) is 5.54. The molecule has 2 heterocycles. The Bertz CT molecular complexity index is 521. The molecule has 7 heteroatoms. The van der Waals surface area contributed by atoms with Crippen LogP contribution >= 0.6 is 11.6 Å². The Hall–Kier alpha value is -1.82. The minimum absolute atomic E-state index is 0.167. The van der Waals surface area contributed by atoms with Gasteiger partial charge >= 0.3 is 0 Å². The highest BCUT2D eigenvalue weighted by Crippen LogP contribution is 2.22. The normalized spacial score (nSPS) is 10.8. The van der Waals surface area contributed by atoms with Crippen LogP contribution in [0.1, 0.15) is 19.9 Å². The molecule has 2 aromatic heterocycles. The number of aromatic nitrogens is 4. The second-order valence-electron chi connectivity index (χ2n) is 3.82. The summed E-state index contributed by atoms with van der Waals surface area (Å²) in [5.74, 6) is 1.28. The molecule has 0 unspecified atom stereocenters. The maximum absolute atomic E-state index is 5.94. The fourth-order valence-corrected chi connectivity index (χ4v) is 1.42. The molecule has 2 rings (SSSR count). The zero-order valence-corrected chi connectivity index (χ0v) is 10.3. The summed E-state index contributed by atoms with van der Waals surface area (Å²) in [5, 5.41) is 7.72. The monoisotopic (exact) mass is 252 g/mol. The molecule has 0 atom stereocenters. The van der Waals surface area contributed by atoms with E-state index in [4.69, 9.17) is 17.3 Å². The summed E-state index contributed by atoms with van der Waals surface area (Å²) in [4.78, 5) is 7.78. The van der Waals surface area contributed by atoms with Crippen molar-refractivity contribution in [2.75, 3.05) is 11.1 Å². The van der Waals surface area contributed by atoms with Crippen LogP contribution < -0.4 is 11.1 Å². The number of nitrogens with one attached hydrogen (secondary N) is 1. The van der Waals surface area contributed by atoms with Crippen LogP contribution in [0.5, 0.6) is 0 Å². The highest BCUT2D eigenvalue weighted by atomic mass is 35.5. The summed E-state index contributed by atoms with van der Waals surface area (Å²) in [5.41, 5.74) is 5.49. The number of nitrogens with two attached hydrogens (primary N) is 1. The van der Waals surface area contributed by atoms with Crippen LogP contribution in [0, 0.1) is 0 Å². The Kier molecular flexibility index (Phi) is 3.14. The molecule has 0 bridgehead atoms. The van der Waals surface area contributed by atoms with Gasteiger partial charge in [-0.15, -0.1) is 0 Å². The molecule has 0 aliphatic rings. The van der Waals surface area contributed by atoms with Crippen molar-refractivity contribution in [2.24, 2.45) is 0 Å². The molecule has 2 aromatic rings. The van der Waals surface area contributed by atoms with Gasteiger partial charge in [0.25, 0.3) is 0 Å². The van der Waals surface area contributed by atoms with E-state index in [-0.39, 0.29) is 5.95 Å². The fraction of sp³-hybridized carbons (Fsp3) is 0.300. The topological polar surface area (TPSA) is 81.7 Å². The SMILES string of the molecule is CC(C)n1ccc(Nc2nc(N)ncc2Cl)n1. The van der Waals surface area contributed by atoms with Gasteiger partial charge in [0.1, 0.15) is 5.02 Å². The van der Waals surface area contributed by atoms with E-state index >= 15 is 0 Å². The number of anilines is 3. The summed E-state index contributed by atoms with van der Waals surface area (Å²) in [6.07, 6.45) is 3.33. The van der Waals surface area contributed by atoms with Crippen molar-refractivity contribution in [3.05, 3.63) is 23.5 Å². The number of nitrogen functional groups attached to an aromatic ring is 1. The fourth-order valence-electron chi connectivity index (χ4n) is 1.28. The van der Waals surface area contributed by atoms with Crippen LogP contribution in [-0.2, 0) is 0 Å². The smallest absolute Gasteiger partial charge is 0.222 e. The lowest BCUT2D eigenvalue weighted by molar-refractivity contribution is 0.534. The number of halogens is 1. The molecular weight excluding hydrogens is 240 g/mol. The van der Waals surface area contributed by atoms with Crippen LogP contribution in [0.3, 0.4) is 0 Å². The standard InChI is InChI=1S/C10H13ClN6/c1-6(2)17-4-3-8(16-17)14-9-7(11)5-13-10(12)15-9/h3-6H,1-2H3,(H3,12,13,14,15,16). The highest BCUT2D eigenvalue weighted by molar-refractivity contribution is 6.32. The van der Waals surface area contributed by atoms with Crippen LogP contribution in [0.2, 0.25) is 5.02 Å². The molecular formula is C10H13ClN6. The third kappa shape index (κ3) is 2.65. The molecule has 0 fully saturated rings.